The molecule has 4 nitrogen and oxygen atoms in total. The van der Waals surface area contributed by atoms with Gasteiger partial charge in [0.1, 0.15) is 0 Å². The van der Waals surface area contributed by atoms with Crippen molar-refractivity contribution >= 4 is 29.1 Å². The van der Waals surface area contributed by atoms with E-state index in [0.717, 1.165) is 27.9 Å². The Hall–Kier alpha value is -2.33. The van der Waals surface area contributed by atoms with Crippen molar-refractivity contribution in [2.45, 2.75) is 33.6 Å². The second kappa shape index (κ2) is 8.67. The highest BCUT2D eigenvalue weighted by Crippen LogP contribution is 2.21. The Morgan fingerprint density at radius 1 is 1.00 bits per heavy atom. The molecule has 0 heterocycles. The molecule has 2 rings (SSSR count). The van der Waals surface area contributed by atoms with E-state index < -0.39 is 0 Å². The van der Waals surface area contributed by atoms with Crippen LogP contribution in [0.2, 0.25) is 5.02 Å². The first-order chi connectivity index (χ1) is 11.8. The lowest BCUT2D eigenvalue weighted by atomic mass is 10.1. The Morgan fingerprint density at radius 3 is 2.32 bits per heavy atom. The van der Waals surface area contributed by atoms with E-state index in [9.17, 15) is 9.59 Å². The van der Waals surface area contributed by atoms with Crippen LogP contribution < -0.4 is 10.6 Å². The molecule has 25 heavy (non-hydrogen) atoms. The molecule has 0 bridgehead atoms. The maximum absolute atomic E-state index is 12.1. The SMILES string of the molecule is Cc1cc(C)c(NC(=O)CNC(=O)CCc2cccc(Cl)c2)c(C)c1. The lowest BCUT2D eigenvalue weighted by Gasteiger charge is -2.13. The van der Waals surface area contributed by atoms with Crippen LogP contribution in [0.15, 0.2) is 36.4 Å². The van der Waals surface area contributed by atoms with Crippen molar-refractivity contribution in [3.63, 3.8) is 0 Å². The van der Waals surface area contributed by atoms with Gasteiger partial charge in [0.15, 0.2) is 0 Å². The number of rotatable bonds is 6. The highest BCUT2D eigenvalue weighted by Gasteiger charge is 2.10. The van der Waals surface area contributed by atoms with E-state index in [2.05, 4.69) is 10.6 Å². The fraction of sp³-hybridized carbons (Fsp3) is 0.300. The number of halogens is 1. The number of aryl methyl sites for hydroxylation is 4. The predicted octanol–water partition coefficient (Wildman–Crippen LogP) is 3.95. The third-order valence-corrected chi connectivity index (χ3v) is 4.15. The minimum absolute atomic E-state index is 0.0405. The van der Waals surface area contributed by atoms with Crippen molar-refractivity contribution in [1.29, 1.82) is 0 Å². The monoisotopic (exact) mass is 358 g/mol. The van der Waals surface area contributed by atoms with Crippen molar-refractivity contribution < 1.29 is 9.59 Å². The number of benzene rings is 2. The lowest BCUT2D eigenvalue weighted by Crippen LogP contribution is -2.33. The molecule has 0 aliphatic heterocycles. The number of amides is 2. The Labute approximate surface area is 153 Å². The molecule has 0 saturated heterocycles. The first kappa shape index (κ1) is 19.0. The van der Waals surface area contributed by atoms with Crippen LogP contribution >= 0.6 is 11.6 Å². The van der Waals surface area contributed by atoms with E-state index in [1.807, 2.05) is 51.1 Å². The van der Waals surface area contributed by atoms with Gasteiger partial charge in [-0.3, -0.25) is 9.59 Å². The molecule has 5 heteroatoms. The summed E-state index contributed by atoms with van der Waals surface area (Å²) >= 11 is 5.92. The molecule has 0 aliphatic carbocycles. The molecule has 0 atom stereocenters. The van der Waals surface area contributed by atoms with Crippen LogP contribution in [0.1, 0.15) is 28.7 Å². The van der Waals surface area contributed by atoms with Crippen molar-refractivity contribution in [1.82, 2.24) is 5.32 Å². The molecule has 0 unspecified atom stereocenters. The van der Waals surface area contributed by atoms with Crippen LogP contribution in [-0.4, -0.2) is 18.4 Å². The molecule has 2 N–H and O–H groups in total. The summed E-state index contributed by atoms with van der Waals surface area (Å²) in [5.41, 5.74) is 4.99. The molecule has 2 aromatic rings. The highest BCUT2D eigenvalue weighted by molar-refractivity contribution is 6.30. The Morgan fingerprint density at radius 2 is 1.68 bits per heavy atom. The van der Waals surface area contributed by atoms with Gasteiger partial charge in [-0.15, -0.1) is 0 Å². The molecule has 0 aliphatic rings. The van der Waals surface area contributed by atoms with Crippen LogP contribution in [0.25, 0.3) is 0 Å². The van der Waals surface area contributed by atoms with Crippen LogP contribution in [-0.2, 0) is 16.0 Å². The maximum atomic E-state index is 12.1. The summed E-state index contributed by atoms with van der Waals surface area (Å²) in [6, 6.07) is 11.5. The van der Waals surface area contributed by atoms with Gasteiger partial charge in [-0.1, -0.05) is 41.4 Å². The summed E-state index contributed by atoms with van der Waals surface area (Å²) < 4.78 is 0. The molecule has 0 radical (unpaired) electrons. The zero-order valence-corrected chi connectivity index (χ0v) is 15.5. The van der Waals surface area contributed by atoms with Crippen molar-refractivity contribution in [2.75, 3.05) is 11.9 Å². The molecular formula is C20H23ClN2O2. The number of hydrogen-bond donors (Lipinski definition) is 2. The Kier molecular flexibility index (Phi) is 6.59. The quantitative estimate of drug-likeness (QED) is 0.821. The Balaban J connectivity index is 1.81. The molecule has 0 saturated carbocycles. The Bertz CT molecular complexity index is 764. The second-order valence-electron chi connectivity index (χ2n) is 6.23. The third-order valence-electron chi connectivity index (χ3n) is 3.92. The van der Waals surface area contributed by atoms with Gasteiger partial charge >= 0.3 is 0 Å². The highest BCUT2D eigenvalue weighted by atomic mass is 35.5. The maximum Gasteiger partial charge on any atom is 0.243 e. The standard InChI is InChI=1S/C20H23ClN2O2/c1-13-9-14(2)20(15(3)10-13)23-19(25)12-22-18(24)8-7-16-5-4-6-17(21)11-16/h4-6,9-11H,7-8,12H2,1-3H3,(H,22,24)(H,23,25). The van der Waals surface area contributed by atoms with E-state index >= 15 is 0 Å². The number of carbonyl (C=O) groups is 2. The molecule has 2 amide bonds. The normalized spacial score (nSPS) is 10.4. The molecule has 0 aromatic heterocycles. The van der Waals surface area contributed by atoms with Gasteiger partial charge in [0.2, 0.25) is 11.8 Å². The van der Waals surface area contributed by atoms with Crippen LogP contribution in [0.5, 0.6) is 0 Å². The van der Waals surface area contributed by atoms with E-state index in [1.165, 1.54) is 0 Å². The summed E-state index contributed by atoms with van der Waals surface area (Å²) in [6.07, 6.45) is 0.903. The van der Waals surface area contributed by atoms with Crippen LogP contribution in [0, 0.1) is 20.8 Å². The van der Waals surface area contributed by atoms with Gasteiger partial charge in [0, 0.05) is 17.1 Å². The molecule has 0 fully saturated rings. The predicted molar refractivity (Wildman–Crippen MR) is 102 cm³/mol. The third kappa shape index (κ3) is 5.91. The molecule has 2 aromatic carbocycles. The number of nitrogens with one attached hydrogen (secondary N) is 2. The first-order valence-electron chi connectivity index (χ1n) is 8.24. The van der Waals surface area contributed by atoms with Crippen LogP contribution in [0.3, 0.4) is 0 Å². The second-order valence-corrected chi connectivity index (χ2v) is 6.66. The van der Waals surface area contributed by atoms with Crippen molar-refractivity contribution in [3.05, 3.63) is 63.7 Å². The van der Waals surface area contributed by atoms with Crippen molar-refractivity contribution in [2.24, 2.45) is 0 Å². The fourth-order valence-electron chi connectivity index (χ4n) is 2.78. The van der Waals surface area contributed by atoms with Gasteiger partial charge in [-0.2, -0.15) is 0 Å². The topological polar surface area (TPSA) is 58.2 Å². The lowest BCUT2D eigenvalue weighted by molar-refractivity contribution is -0.124. The number of anilines is 1. The van der Waals surface area contributed by atoms with Gasteiger partial charge in [0.05, 0.1) is 6.54 Å². The molecular weight excluding hydrogens is 336 g/mol. The fourth-order valence-corrected chi connectivity index (χ4v) is 2.99. The zero-order valence-electron chi connectivity index (χ0n) is 14.8. The van der Waals surface area contributed by atoms with Gasteiger partial charge in [-0.05, 0) is 56.0 Å². The zero-order chi connectivity index (χ0) is 18.4. The smallest absolute Gasteiger partial charge is 0.243 e. The van der Waals surface area contributed by atoms with E-state index in [0.29, 0.717) is 17.9 Å². The first-order valence-corrected chi connectivity index (χ1v) is 8.62. The average Bonchev–Trinajstić information content (AvgIpc) is 2.54. The summed E-state index contributed by atoms with van der Waals surface area (Å²) in [4.78, 5) is 24.0. The molecule has 0 spiro atoms. The minimum Gasteiger partial charge on any atom is -0.347 e. The summed E-state index contributed by atoms with van der Waals surface area (Å²) in [6.45, 7) is 5.89. The summed E-state index contributed by atoms with van der Waals surface area (Å²) in [5.74, 6) is -0.390. The van der Waals surface area contributed by atoms with E-state index in [4.69, 9.17) is 11.6 Å². The van der Waals surface area contributed by atoms with E-state index in [-0.39, 0.29) is 18.4 Å². The van der Waals surface area contributed by atoms with E-state index in [1.54, 1.807) is 6.07 Å². The molecule has 132 valence electrons. The summed E-state index contributed by atoms with van der Waals surface area (Å²) in [7, 11) is 0. The average molecular weight is 359 g/mol. The summed E-state index contributed by atoms with van der Waals surface area (Å²) in [5, 5.41) is 6.18. The number of hydrogen-bond acceptors (Lipinski definition) is 2. The minimum atomic E-state index is -0.230. The van der Waals surface area contributed by atoms with Gasteiger partial charge in [0.25, 0.3) is 0 Å². The van der Waals surface area contributed by atoms with Gasteiger partial charge < -0.3 is 10.6 Å². The largest absolute Gasteiger partial charge is 0.347 e. The number of carbonyl (C=O) groups excluding carboxylic acids is 2. The van der Waals surface area contributed by atoms with Crippen LogP contribution in [0.4, 0.5) is 5.69 Å². The van der Waals surface area contributed by atoms with Crippen molar-refractivity contribution in [3.8, 4) is 0 Å². The van der Waals surface area contributed by atoms with Gasteiger partial charge in [-0.25, -0.2) is 0 Å².